The van der Waals surface area contributed by atoms with Crippen molar-refractivity contribution in [1.82, 2.24) is 0 Å². The van der Waals surface area contributed by atoms with E-state index in [4.69, 9.17) is 14.9 Å². The van der Waals surface area contributed by atoms with E-state index >= 15 is 0 Å². The Labute approximate surface area is 255 Å². The van der Waals surface area contributed by atoms with Gasteiger partial charge in [0, 0.05) is 12.6 Å². The van der Waals surface area contributed by atoms with Crippen molar-refractivity contribution in [3.8, 4) is 0 Å². The second kappa shape index (κ2) is 32.5. The molecule has 0 aliphatic rings. The Balaban J connectivity index is 3.06. The highest BCUT2D eigenvalue weighted by atomic mass is 31.2. The predicted molar refractivity (Wildman–Crippen MR) is 177 cm³/mol. The minimum Gasteiger partial charge on any atom is -0.481 e. The third-order valence-corrected chi connectivity index (χ3v) is 9.49. The number of aliphatic carboxylic acids is 1. The van der Waals surface area contributed by atoms with Crippen LogP contribution in [0.4, 0.5) is 0 Å². The summed E-state index contributed by atoms with van der Waals surface area (Å²) in [5.41, 5.74) is 0. The van der Waals surface area contributed by atoms with Gasteiger partial charge in [-0.15, -0.1) is 0 Å². The highest BCUT2D eigenvalue weighted by Gasteiger charge is 2.10. The Hall–Kier alpha value is -0.380. The van der Waals surface area contributed by atoms with Crippen LogP contribution in [0.3, 0.4) is 0 Å². The molecule has 0 radical (unpaired) electrons. The zero-order valence-corrected chi connectivity index (χ0v) is 28.0. The molecule has 0 aliphatic heterocycles. The lowest BCUT2D eigenvalue weighted by atomic mass is 10.0. The molecule has 0 aliphatic carbocycles. The van der Waals surface area contributed by atoms with Crippen LogP contribution in [0.2, 0.25) is 0 Å². The molecule has 41 heavy (non-hydrogen) atoms. The van der Waals surface area contributed by atoms with E-state index in [1.165, 1.54) is 173 Å². The van der Waals surface area contributed by atoms with E-state index < -0.39 is 13.6 Å². The quantitative estimate of drug-likeness (QED) is 0.0495. The summed E-state index contributed by atoms with van der Waals surface area (Å²) in [6, 6.07) is 0. The summed E-state index contributed by atoms with van der Waals surface area (Å²) < 4.78 is 10.8. The van der Waals surface area contributed by atoms with Gasteiger partial charge in [0.05, 0.1) is 0 Å². The van der Waals surface area contributed by atoms with Gasteiger partial charge in [0.15, 0.2) is 0 Å². The molecule has 0 aromatic rings. The van der Waals surface area contributed by atoms with E-state index in [2.05, 4.69) is 0 Å². The molecular formula is C35H71O5P. The highest BCUT2D eigenvalue weighted by molar-refractivity contribution is 7.51. The molecule has 0 amide bonds. The summed E-state index contributed by atoms with van der Waals surface area (Å²) in [6.07, 6.45) is 42.3. The van der Waals surface area contributed by atoms with Gasteiger partial charge in [-0.25, -0.2) is 0 Å². The average molecular weight is 603 g/mol. The first-order chi connectivity index (χ1) is 19.9. The minimum absolute atomic E-state index is 0.0546. The molecule has 0 fully saturated rings. The Bertz CT molecular complexity index is 577. The van der Waals surface area contributed by atoms with Crippen LogP contribution in [-0.2, 0) is 9.36 Å². The summed E-state index contributed by atoms with van der Waals surface area (Å²) in [6.45, 7) is 0. The number of carboxylic acids is 1. The van der Waals surface area contributed by atoms with Gasteiger partial charge in [-0.1, -0.05) is 193 Å². The lowest BCUT2D eigenvalue weighted by Crippen LogP contribution is -1.93. The Morgan fingerprint density at radius 3 is 0.683 bits per heavy atom. The third kappa shape index (κ3) is 39.6. The lowest BCUT2D eigenvalue weighted by molar-refractivity contribution is -0.137. The molecule has 0 heterocycles. The molecule has 3 N–H and O–H groups in total. The monoisotopic (exact) mass is 603 g/mol. The zero-order valence-electron chi connectivity index (χ0n) is 27.1. The molecule has 0 spiro atoms. The van der Waals surface area contributed by atoms with Gasteiger partial charge >= 0.3 is 13.6 Å². The molecule has 246 valence electrons. The fourth-order valence-corrected chi connectivity index (χ4v) is 6.53. The molecular weight excluding hydrogens is 531 g/mol. The van der Waals surface area contributed by atoms with Crippen molar-refractivity contribution >= 4 is 13.6 Å². The largest absolute Gasteiger partial charge is 0.481 e. The van der Waals surface area contributed by atoms with Gasteiger partial charge < -0.3 is 14.9 Å². The zero-order chi connectivity index (χ0) is 30.1. The Morgan fingerprint density at radius 1 is 0.341 bits per heavy atom. The normalized spacial score (nSPS) is 11.9. The summed E-state index contributed by atoms with van der Waals surface area (Å²) in [5.74, 6) is -0.657. The second-order valence-electron chi connectivity index (χ2n) is 12.8. The standard InChI is InChI=1S/C35H71O5P/c36-35(37)33-31-29-27-25-23-21-19-17-15-13-11-9-7-5-3-1-2-4-6-8-10-12-14-16-18-20-22-24-26-28-30-32-34-41(38,39)40/h1-34H2,(H,36,37)(H2,38,39,40). The number of hydrogen-bond acceptors (Lipinski definition) is 2. The van der Waals surface area contributed by atoms with Gasteiger partial charge in [0.2, 0.25) is 0 Å². The van der Waals surface area contributed by atoms with E-state index in [0.29, 0.717) is 12.8 Å². The summed E-state index contributed by atoms with van der Waals surface area (Å²) in [7, 11) is -3.78. The SMILES string of the molecule is O=C(O)CCCCCCCCCCCCCCCCCCCCCCCCCCCCCCCCCCP(=O)(O)O. The number of unbranched alkanes of at least 4 members (excludes halogenated alkanes) is 31. The van der Waals surface area contributed by atoms with E-state index in [1.807, 2.05) is 0 Å². The van der Waals surface area contributed by atoms with Gasteiger partial charge in [-0.2, -0.15) is 0 Å². The predicted octanol–water partition coefficient (Wildman–Crippen LogP) is 12.1. The van der Waals surface area contributed by atoms with Crippen LogP contribution in [0, 0.1) is 0 Å². The molecule has 0 atom stereocenters. The van der Waals surface area contributed by atoms with Crippen LogP contribution in [0.5, 0.6) is 0 Å². The minimum atomic E-state index is -3.78. The third-order valence-electron chi connectivity index (χ3n) is 8.59. The van der Waals surface area contributed by atoms with E-state index in [9.17, 15) is 9.36 Å². The topological polar surface area (TPSA) is 94.8 Å². The maximum atomic E-state index is 10.8. The van der Waals surface area contributed by atoms with Crippen LogP contribution < -0.4 is 0 Å². The van der Waals surface area contributed by atoms with Crippen LogP contribution >= 0.6 is 7.60 Å². The molecule has 0 bridgehead atoms. The van der Waals surface area contributed by atoms with Crippen molar-refractivity contribution in [3.63, 3.8) is 0 Å². The van der Waals surface area contributed by atoms with Crippen molar-refractivity contribution in [1.29, 1.82) is 0 Å². The lowest BCUT2D eigenvalue weighted by Gasteiger charge is -2.05. The Kier molecular flexibility index (Phi) is 32.2. The highest BCUT2D eigenvalue weighted by Crippen LogP contribution is 2.35. The molecule has 5 nitrogen and oxygen atoms in total. The first-order valence-electron chi connectivity index (χ1n) is 18.2. The first-order valence-corrected chi connectivity index (χ1v) is 20.0. The van der Waals surface area contributed by atoms with Crippen molar-refractivity contribution in [2.75, 3.05) is 6.16 Å². The molecule has 0 rings (SSSR count). The fraction of sp³-hybridized carbons (Fsp3) is 0.971. The van der Waals surface area contributed by atoms with E-state index in [-0.39, 0.29) is 6.16 Å². The second-order valence-corrected chi connectivity index (χ2v) is 14.6. The van der Waals surface area contributed by atoms with Crippen molar-refractivity contribution in [3.05, 3.63) is 0 Å². The molecule has 6 heteroatoms. The van der Waals surface area contributed by atoms with Gasteiger partial charge in [0.1, 0.15) is 0 Å². The summed E-state index contributed by atoms with van der Waals surface area (Å²) >= 11 is 0. The van der Waals surface area contributed by atoms with E-state index in [0.717, 1.165) is 25.7 Å². The first kappa shape index (κ1) is 40.6. The number of carboxylic acid groups (broad SMARTS) is 1. The van der Waals surface area contributed by atoms with Gasteiger partial charge in [0.25, 0.3) is 0 Å². The molecule has 0 aromatic heterocycles. The maximum absolute atomic E-state index is 10.8. The fourth-order valence-electron chi connectivity index (χ4n) is 5.90. The van der Waals surface area contributed by atoms with Crippen molar-refractivity contribution in [2.24, 2.45) is 0 Å². The van der Waals surface area contributed by atoms with E-state index in [1.54, 1.807) is 0 Å². The Morgan fingerprint density at radius 2 is 0.512 bits per heavy atom. The molecule has 0 unspecified atom stereocenters. The number of rotatable bonds is 35. The summed E-state index contributed by atoms with van der Waals surface area (Å²) in [4.78, 5) is 28.2. The van der Waals surface area contributed by atoms with Crippen LogP contribution in [0.25, 0.3) is 0 Å². The average Bonchev–Trinajstić information content (AvgIpc) is 2.92. The van der Waals surface area contributed by atoms with Crippen LogP contribution in [0.1, 0.15) is 212 Å². The van der Waals surface area contributed by atoms with Gasteiger partial charge in [-0.05, 0) is 12.8 Å². The molecule has 0 saturated heterocycles. The van der Waals surface area contributed by atoms with Crippen LogP contribution in [-0.4, -0.2) is 27.0 Å². The maximum Gasteiger partial charge on any atom is 0.325 e. The molecule has 0 aromatic carbocycles. The smallest absolute Gasteiger partial charge is 0.325 e. The molecule has 0 saturated carbocycles. The summed E-state index contributed by atoms with van der Waals surface area (Å²) in [5, 5.41) is 8.63. The number of hydrogen-bond donors (Lipinski definition) is 3. The number of carbonyl (C=O) groups is 1. The van der Waals surface area contributed by atoms with Gasteiger partial charge in [-0.3, -0.25) is 9.36 Å². The van der Waals surface area contributed by atoms with Crippen molar-refractivity contribution in [2.45, 2.75) is 212 Å². The van der Waals surface area contributed by atoms with Crippen LogP contribution in [0.15, 0.2) is 0 Å². The van der Waals surface area contributed by atoms with Crippen molar-refractivity contribution < 1.29 is 24.3 Å².